The molecule has 1 aliphatic rings. The highest BCUT2D eigenvalue weighted by Gasteiger charge is 2.26. The van der Waals surface area contributed by atoms with Gasteiger partial charge in [0.05, 0.1) is 0 Å². The molecule has 2 N–H and O–H groups in total. The number of carbonyl (C=O) groups is 3. The molecule has 2 heterocycles. The molecule has 3 aromatic carbocycles. The van der Waals surface area contributed by atoms with Crippen LogP contribution in [0.15, 0.2) is 59.0 Å². The highest BCUT2D eigenvalue weighted by Crippen LogP contribution is 2.32. The first-order chi connectivity index (χ1) is 15.8. The fourth-order valence-corrected chi connectivity index (χ4v) is 4.57. The molecule has 3 amide bonds. The summed E-state index contributed by atoms with van der Waals surface area (Å²) in [5.41, 5.74) is 6.10. The van der Waals surface area contributed by atoms with Gasteiger partial charge in [0.25, 0.3) is 17.7 Å². The van der Waals surface area contributed by atoms with Crippen LogP contribution in [0.2, 0.25) is 0 Å². The van der Waals surface area contributed by atoms with E-state index in [-0.39, 0.29) is 5.76 Å². The smallest absolute Gasteiger partial charge is 0.291 e. The van der Waals surface area contributed by atoms with E-state index in [0.717, 1.165) is 0 Å². The Morgan fingerprint density at radius 3 is 2.33 bits per heavy atom. The van der Waals surface area contributed by atoms with E-state index in [4.69, 9.17) is 4.42 Å². The Labute approximate surface area is 190 Å². The topological polar surface area (TPSA) is 88.4 Å². The number of nitrogens with one attached hydrogen (secondary N) is 2. The van der Waals surface area contributed by atoms with Crippen LogP contribution in [0.3, 0.4) is 0 Å². The number of benzene rings is 3. The lowest BCUT2D eigenvalue weighted by molar-refractivity contribution is 0.0844. The summed E-state index contributed by atoms with van der Waals surface area (Å²) in [6, 6.07) is 16.2. The van der Waals surface area contributed by atoms with Crippen LogP contribution in [0.1, 0.15) is 59.3 Å². The molecule has 0 fully saturated rings. The molecule has 0 aliphatic carbocycles. The molecule has 5 rings (SSSR count). The Morgan fingerprint density at radius 1 is 0.909 bits per heavy atom. The van der Waals surface area contributed by atoms with Crippen LogP contribution in [-0.2, 0) is 6.42 Å². The molecule has 4 aromatic rings. The minimum Gasteiger partial charge on any atom is -0.456 e. The molecular weight excluding hydrogens is 416 g/mol. The predicted molar refractivity (Wildman–Crippen MR) is 126 cm³/mol. The summed E-state index contributed by atoms with van der Waals surface area (Å²) in [6.45, 7) is 6.23. The third kappa shape index (κ3) is 3.59. The lowest BCUT2D eigenvalue weighted by atomic mass is 9.94. The number of furan rings is 1. The number of carbonyl (C=O) groups excluding carboxylic acids is 3. The molecule has 0 saturated heterocycles. The quantitative estimate of drug-likeness (QED) is 0.435. The molecule has 1 aliphatic heterocycles. The molecule has 33 heavy (non-hydrogen) atoms. The highest BCUT2D eigenvalue weighted by atomic mass is 16.3. The maximum atomic E-state index is 12.9. The number of hydrogen-bond donors (Lipinski definition) is 2. The van der Waals surface area contributed by atoms with Gasteiger partial charge < -0.3 is 9.73 Å². The van der Waals surface area contributed by atoms with Crippen LogP contribution in [0.4, 0.5) is 5.69 Å². The van der Waals surface area contributed by atoms with E-state index in [1.807, 2.05) is 6.07 Å². The van der Waals surface area contributed by atoms with Gasteiger partial charge in [0, 0.05) is 34.0 Å². The van der Waals surface area contributed by atoms with Crippen molar-refractivity contribution in [2.75, 3.05) is 5.32 Å². The molecule has 0 unspecified atom stereocenters. The van der Waals surface area contributed by atoms with Crippen LogP contribution < -0.4 is 10.6 Å². The van der Waals surface area contributed by atoms with Crippen molar-refractivity contribution in [3.8, 4) is 0 Å². The molecule has 164 valence electrons. The van der Waals surface area contributed by atoms with E-state index in [1.165, 1.54) is 22.3 Å². The number of anilines is 1. The molecule has 6 heteroatoms. The van der Waals surface area contributed by atoms with E-state index < -0.39 is 17.7 Å². The molecule has 0 spiro atoms. The van der Waals surface area contributed by atoms with Crippen molar-refractivity contribution in [2.45, 2.75) is 27.2 Å². The zero-order valence-corrected chi connectivity index (χ0v) is 18.5. The third-order valence-electron chi connectivity index (χ3n) is 6.08. The Hall–Kier alpha value is -4.19. The number of rotatable bonds is 4. The van der Waals surface area contributed by atoms with Gasteiger partial charge in [-0.05, 0) is 67.8 Å². The molecular formula is C27H22N2O4. The van der Waals surface area contributed by atoms with Crippen LogP contribution in [-0.4, -0.2) is 17.7 Å². The third-order valence-corrected chi connectivity index (χ3v) is 6.08. The molecule has 0 bridgehead atoms. The maximum absolute atomic E-state index is 12.9. The van der Waals surface area contributed by atoms with Gasteiger partial charge in [-0.1, -0.05) is 29.8 Å². The van der Waals surface area contributed by atoms with Gasteiger partial charge >= 0.3 is 0 Å². The maximum Gasteiger partial charge on any atom is 0.291 e. The average Bonchev–Trinajstić information content (AvgIpc) is 3.24. The zero-order chi connectivity index (χ0) is 23.3. The number of hydrogen-bond acceptors (Lipinski definition) is 4. The summed E-state index contributed by atoms with van der Waals surface area (Å²) in [6.07, 6.45) is 0.601. The molecule has 1 aromatic heterocycles. The lowest BCUT2D eigenvalue weighted by Crippen LogP contribution is -2.34. The number of amides is 3. The fraction of sp³-hybridized carbons (Fsp3) is 0.148. The van der Waals surface area contributed by atoms with E-state index in [0.29, 0.717) is 39.8 Å². The summed E-state index contributed by atoms with van der Waals surface area (Å²) in [5, 5.41) is 6.36. The minimum atomic E-state index is -0.445. The fourth-order valence-electron chi connectivity index (χ4n) is 4.57. The largest absolute Gasteiger partial charge is 0.456 e. The van der Waals surface area contributed by atoms with E-state index >= 15 is 0 Å². The van der Waals surface area contributed by atoms with Crippen molar-refractivity contribution >= 4 is 34.2 Å². The second-order valence-electron chi connectivity index (χ2n) is 8.45. The van der Waals surface area contributed by atoms with E-state index in [1.54, 1.807) is 36.4 Å². The van der Waals surface area contributed by atoms with Crippen LogP contribution in [0.25, 0.3) is 10.8 Å². The van der Waals surface area contributed by atoms with Gasteiger partial charge in [0.2, 0.25) is 0 Å². The highest BCUT2D eigenvalue weighted by molar-refractivity contribution is 6.27. The summed E-state index contributed by atoms with van der Waals surface area (Å²) in [7, 11) is 0. The van der Waals surface area contributed by atoms with Crippen molar-refractivity contribution in [1.29, 1.82) is 0 Å². The zero-order valence-electron chi connectivity index (χ0n) is 18.5. The van der Waals surface area contributed by atoms with Crippen molar-refractivity contribution < 1.29 is 18.8 Å². The Kier molecular flexibility index (Phi) is 4.86. The van der Waals surface area contributed by atoms with Gasteiger partial charge in [-0.25, -0.2) is 0 Å². The second kappa shape index (κ2) is 7.74. The van der Waals surface area contributed by atoms with Gasteiger partial charge in [0.1, 0.15) is 5.76 Å². The van der Waals surface area contributed by atoms with E-state index in [2.05, 4.69) is 43.5 Å². The van der Waals surface area contributed by atoms with Crippen LogP contribution in [0.5, 0.6) is 0 Å². The summed E-state index contributed by atoms with van der Waals surface area (Å²) < 4.78 is 5.86. The normalized spacial score (nSPS) is 12.7. The minimum absolute atomic E-state index is 0.196. The predicted octanol–water partition coefficient (Wildman–Crippen LogP) is 5.08. The molecule has 0 saturated carbocycles. The molecule has 0 radical (unpaired) electrons. The van der Waals surface area contributed by atoms with Gasteiger partial charge in [-0.3, -0.25) is 19.7 Å². The monoisotopic (exact) mass is 438 g/mol. The number of aryl methyl sites for hydroxylation is 3. The lowest BCUT2D eigenvalue weighted by Gasteiger charge is -2.18. The molecule has 0 atom stereocenters. The summed E-state index contributed by atoms with van der Waals surface area (Å²) in [5.74, 6) is -0.389. The Bertz CT molecular complexity index is 1440. The first kappa shape index (κ1) is 20.7. The second-order valence-corrected chi connectivity index (χ2v) is 8.45. The van der Waals surface area contributed by atoms with Crippen LogP contribution in [0, 0.1) is 20.8 Å². The van der Waals surface area contributed by atoms with Gasteiger partial charge in [-0.15, -0.1) is 0 Å². The van der Waals surface area contributed by atoms with Crippen LogP contribution >= 0.6 is 0 Å². The first-order valence-corrected chi connectivity index (χ1v) is 10.7. The van der Waals surface area contributed by atoms with Gasteiger partial charge in [-0.2, -0.15) is 0 Å². The van der Waals surface area contributed by atoms with Crippen molar-refractivity contribution in [3.05, 3.63) is 99.5 Å². The molecule has 6 nitrogen and oxygen atoms in total. The summed E-state index contributed by atoms with van der Waals surface area (Å²) in [4.78, 5) is 37.4. The van der Waals surface area contributed by atoms with E-state index in [9.17, 15) is 14.4 Å². The van der Waals surface area contributed by atoms with Gasteiger partial charge in [0.15, 0.2) is 5.76 Å². The van der Waals surface area contributed by atoms with Crippen molar-refractivity contribution in [1.82, 2.24) is 5.32 Å². The van der Waals surface area contributed by atoms with Crippen molar-refractivity contribution in [3.63, 3.8) is 0 Å². The summed E-state index contributed by atoms with van der Waals surface area (Å²) >= 11 is 0. The Morgan fingerprint density at radius 2 is 1.61 bits per heavy atom. The standard InChI is InChI=1S/C27H22N2O4/c1-14-11-15(2)21(16(3)12-14)13-17-7-10-23(33-17)27(32)28-22-9-8-20-24-18(22)5-4-6-19(24)25(30)29-26(20)31/h4-12H,13H2,1-3H3,(H,28,32)(H,29,30,31). The average molecular weight is 438 g/mol. The van der Waals surface area contributed by atoms with Crippen molar-refractivity contribution in [2.24, 2.45) is 0 Å². The number of imide groups is 1. The first-order valence-electron chi connectivity index (χ1n) is 10.7. The Balaban J connectivity index is 1.43. The SMILES string of the molecule is Cc1cc(C)c(Cc2ccc(C(=O)Nc3ccc4c5c(cccc35)C(=O)NC4=O)o2)c(C)c1.